The lowest BCUT2D eigenvalue weighted by molar-refractivity contribution is 0.414. The Kier molecular flexibility index (Phi) is 5.64. The number of anilines is 1. The maximum Gasteiger partial charge on any atom is 0.238 e. The first kappa shape index (κ1) is 20.6. The molecule has 1 unspecified atom stereocenters. The first-order valence-electron chi connectivity index (χ1n) is 9.24. The van der Waals surface area contributed by atoms with E-state index >= 15 is 0 Å². The third kappa shape index (κ3) is 4.26. The number of methoxy groups -OCH3 is 1. The zero-order valence-corrected chi connectivity index (χ0v) is 18.6. The molecule has 0 fully saturated rings. The average Bonchev–Trinajstić information content (AvgIpc) is 3.19. The minimum absolute atomic E-state index is 0.0281. The summed E-state index contributed by atoms with van der Waals surface area (Å²) in [4.78, 5) is 0.0719. The van der Waals surface area contributed by atoms with Crippen LogP contribution in [-0.4, -0.2) is 21.2 Å². The summed E-state index contributed by atoms with van der Waals surface area (Å²) >= 11 is 3.48. The Morgan fingerprint density at radius 1 is 1.07 bits per heavy atom. The number of sulfonamides is 1. The molecule has 1 aliphatic heterocycles. The number of nitrogens with zero attached hydrogens (tertiary/aromatic N) is 2. The summed E-state index contributed by atoms with van der Waals surface area (Å²) < 4.78 is 29.6. The van der Waals surface area contributed by atoms with Gasteiger partial charge >= 0.3 is 0 Å². The highest BCUT2D eigenvalue weighted by Crippen LogP contribution is 2.37. The molecule has 0 saturated carbocycles. The lowest BCUT2D eigenvalue weighted by Gasteiger charge is -2.24. The van der Waals surface area contributed by atoms with Crippen molar-refractivity contribution < 1.29 is 13.2 Å². The summed E-state index contributed by atoms with van der Waals surface area (Å²) in [6, 6.07) is 22.4. The van der Waals surface area contributed by atoms with Crippen LogP contribution in [0.4, 0.5) is 5.69 Å². The number of halogens is 1. The van der Waals surface area contributed by atoms with Crippen molar-refractivity contribution in [3.63, 3.8) is 0 Å². The molecule has 6 nitrogen and oxygen atoms in total. The Morgan fingerprint density at radius 2 is 1.77 bits per heavy atom. The zero-order valence-electron chi connectivity index (χ0n) is 16.2. The molecule has 0 bridgehead atoms. The van der Waals surface area contributed by atoms with Crippen LogP contribution in [-0.2, 0) is 10.0 Å². The number of hydrazone groups is 1. The Bertz CT molecular complexity index is 1190. The highest BCUT2D eigenvalue weighted by Gasteiger charge is 2.30. The Hall–Kier alpha value is -2.68. The number of benzene rings is 3. The topological polar surface area (TPSA) is 85.0 Å². The van der Waals surface area contributed by atoms with Crippen LogP contribution in [0.3, 0.4) is 0 Å². The van der Waals surface area contributed by atoms with Gasteiger partial charge in [0.2, 0.25) is 10.0 Å². The highest BCUT2D eigenvalue weighted by atomic mass is 79.9. The molecule has 3 aromatic carbocycles. The van der Waals surface area contributed by atoms with Gasteiger partial charge in [-0.1, -0.05) is 40.2 Å². The minimum Gasteiger partial charge on any atom is -0.497 e. The third-order valence-corrected chi connectivity index (χ3v) is 6.46. The summed E-state index contributed by atoms with van der Waals surface area (Å²) in [5.41, 5.74) is 3.81. The number of hydrogen-bond acceptors (Lipinski definition) is 5. The van der Waals surface area contributed by atoms with E-state index in [2.05, 4.69) is 28.1 Å². The maximum atomic E-state index is 11.6. The van der Waals surface area contributed by atoms with Crippen molar-refractivity contribution in [2.24, 2.45) is 10.2 Å². The van der Waals surface area contributed by atoms with Crippen molar-refractivity contribution >= 4 is 37.4 Å². The molecule has 0 saturated heterocycles. The van der Waals surface area contributed by atoms with E-state index in [1.807, 2.05) is 41.4 Å². The first-order valence-corrected chi connectivity index (χ1v) is 11.6. The van der Waals surface area contributed by atoms with Gasteiger partial charge in [-0.2, -0.15) is 5.10 Å². The van der Waals surface area contributed by atoms with Gasteiger partial charge in [-0.25, -0.2) is 13.6 Å². The van der Waals surface area contributed by atoms with Gasteiger partial charge in [0.05, 0.1) is 29.4 Å². The predicted octanol–water partition coefficient (Wildman–Crippen LogP) is 4.46. The van der Waals surface area contributed by atoms with Gasteiger partial charge < -0.3 is 4.74 Å². The maximum absolute atomic E-state index is 11.6. The molecule has 1 heterocycles. The van der Waals surface area contributed by atoms with Crippen molar-refractivity contribution in [3.05, 3.63) is 88.4 Å². The molecule has 0 amide bonds. The Labute approximate surface area is 184 Å². The van der Waals surface area contributed by atoms with Crippen LogP contribution in [0.2, 0.25) is 0 Å². The van der Waals surface area contributed by atoms with Crippen LogP contribution in [0.1, 0.15) is 23.6 Å². The van der Waals surface area contributed by atoms with Crippen LogP contribution in [0.25, 0.3) is 0 Å². The predicted molar refractivity (Wildman–Crippen MR) is 121 cm³/mol. The Morgan fingerprint density at radius 3 is 2.40 bits per heavy atom. The molecule has 30 heavy (non-hydrogen) atoms. The standard InChI is InChI=1S/C22H20BrN3O3S/c1-29-19-4-2-3-16(13-19)21-14-22(15-5-7-17(23)8-6-15)26(25-21)18-9-11-20(12-10-18)30(24,27)28/h2-13,22H,14H2,1H3,(H2,24,27,28). The second kappa shape index (κ2) is 8.22. The van der Waals surface area contributed by atoms with E-state index in [4.69, 9.17) is 15.0 Å². The Balaban J connectivity index is 1.75. The number of rotatable bonds is 5. The molecule has 1 aliphatic rings. The molecule has 1 atom stereocenters. The zero-order chi connectivity index (χ0) is 21.3. The SMILES string of the molecule is COc1cccc(C2=NN(c3ccc(S(N)(=O)=O)cc3)C(c3ccc(Br)cc3)C2)c1. The fourth-order valence-corrected chi connectivity index (χ4v) is 4.24. The highest BCUT2D eigenvalue weighted by molar-refractivity contribution is 9.10. The lowest BCUT2D eigenvalue weighted by Crippen LogP contribution is -2.19. The van der Waals surface area contributed by atoms with E-state index in [1.54, 1.807) is 19.2 Å². The average molecular weight is 486 g/mol. The number of nitrogens with two attached hydrogens (primary N) is 1. The molecule has 0 aliphatic carbocycles. The summed E-state index contributed by atoms with van der Waals surface area (Å²) in [6.45, 7) is 0. The van der Waals surface area contributed by atoms with E-state index in [0.29, 0.717) is 6.42 Å². The molecule has 4 rings (SSSR count). The molecule has 0 spiro atoms. The van der Waals surface area contributed by atoms with E-state index in [9.17, 15) is 8.42 Å². The van der Waals surface area contributed by atoms with Crippen molar-refractivity contribution in [1.82, 2.24) is 0 Å². The molecule has 8 heteroatoms. The monoisotopic (exact) mass is 485 g/mol. The second-order valence-electron chi connectivity index (χ2n) is 6.93. The molecule has 0 radical (unpaired) electrons. The molecular weight excluding hydrogens is 466 g/mol. The summed E-state index contributed by atoms with van der Waals surface area (Å²) in [6.07, 6.45) is 0.700. The van der Waals surface area contributed by atoms with Gasteiger partial charge in [-0.15, -0.1) is 0 Å². The molecule has 3 aromatic rings. The molecular formula is C22H20BrN3O3S. The summed E-state index contributed by atoms with van der Waals surface area (Å²) in [5, 5.41) is 12.0. The fourth-order valence-electron chi connectivity index (χ4n) is 3.46. The molecule has 2 N–H and O–H groups in total. The van der Waals surface area contributed by atoms with Crippen molar-refractivity contribution in [2.75, 3.05) is 12.1 Å². The minimum atomic E-state index is -3.75. The van der Waals surface area contributed by atoms with Gasteiger partial charge in [0, 0.05) is 16.5 Å². The summed E-state index contributed by atoms with van der Waals surface area (Å²) in [5.74, 6) is 0.770. The van der Waals surface area contributed by atoms with Crippen LogP contribution >= 0.6 is 15.9 Å². The van der Waals surface area contributed by atoms with Crippen LogP contribution < -0.4 is 14.9 Å². The summed E-state index contributed by atoms with van der Waals surface area (Å²) in [7, 11) is -2.11. The fraction of sp³-hybridized carbons (Fsp3) is 0.136. The van der Waals surface area contributed by atoms with E-state index in [0.717, 1.165) is 32.7 Å². The van der Waals surface area contributed by atoms with Gasteiger partial charge in [0.15, 0.2) is 0 Å². The van der Waals surface area contributed by atoms with Crippen LogP contribution in [0.15, 0.2) is 87.3 Å². The van der Waals surface area contributed by atoms with E-state index in [1.165, 1.54) is 12.1 Å². The van der Waals surface area contributed by atoms with E-state index in [-0.39, 0.29) is 10.9 Å². The number of hydrogen-bond donors (Lipinski definition) is 1. The van der Waals surface area contributed by atoms with Crippen molar-refractivity contribution in [2.45, 2.75) is 17.4 Å². The smallest absolute Gasteiger partial charge is 0.238 e. The van der Waals surface area contributed by atoms with Gasteiger partial charge in [0.1, 0.15) is 5.75 Å². The van der Waals surface area contributed by atoms with Crippen molar-refractivity contribution in [1.29, 1.82) is 0 Å². The number of ether oxygens (including phenoxy) is 1. The lowest BCUT2D eigenvalue weighted by atomic mass is 9.98. The van der Waals surface area contributed by atoms with E-state index < -0.39 is 10.0 Å². The van der Waals surface area contributed by atoms with Crippen LogP contribution in [0, 0.1) is 0 Å². The molecule has 0 aromatic heterocycles. The molecule has 154 valence electrons. The van der Waals surface area contributed by atoms with Crippen LogP contribution in [0.5, 0.6) is 5.75 Å². The largest absolute Gasteiger partial charge is 0.497 e. The quantitative estimate of drug-likeness (QED) is 0.577. The van der Waals surface area contributed by atoms with Crippen molar-refractivity contribution in [3.8, 4) is 5.75 Å². The van der Waals surface area contributed by atoms with Gasteiger partial charge in [-0.05, 0) is 54.1 Å². The second-order valence-corrected chi connectivity index (χ2v) is 9.41. The number of primary sulfonamides is 1. The normalized spacial score (nSPS) is 16.4. The first-order chi connectivity index (χ1) is 14.3. The third-order valence-electron chi connectivity index (χ3n) is 5.00. The van der Waals surface area contributed by atoms with Gasteiger partial charge in [-0.3, -0.25) is 5.01 Å². The van der Waals surface area contributed by atoms with Gasteiger partial charge in [0.25, 0.3) is 0 Å².